The van der Waals surface area contributed by atoms with Crippen molar-refractivity contribution in [3.63, 3.8) is 0 Å². The number of nitrogens with one attached hydrogen (secondary N) is 2. The van der Waals surface area contributed by atoms with Crippen LogP contribution in [0.25, 0.3) is 0 Å². The summed E-state index contributed by atoms with van der Waals surface area (Å²) < 4.78 is 14.2. The average molecular weight is 433 g/mol. The molecule has 0 fully saturated rings. The number of anilines is 3. The zero-order chi connectivity index (χ0) is 21.0. The quantitative estimate of drug-likeness (QED) is 0.316. The third-order valence-electron chi connectivity index (χ3n) is 3.93. The molecule has 0 spiro atoms. The van der Waals surface area contributed by atoms with Crippen molar-refractivity contribution in [2.24, 2.45) is 0 Å². The van der Waals surface area contributed by atoms with Crippen molar-refractivity contribution in [2.45, 2.75) is 18.2 Å². The SMILES string of the molecule is Cc1cc(NC(=O)CSc2nnc(Nc3ccccc3F)s2)c([N+](=O)[O-])cc1C. The highest BCUT2D eigenvalue weighted by Gasteiger charge is 2.18. The molecule has 11 heteroatoms. The average Bonchev–Trinajstić information content (AvgIpc) is 3.12. The van der Waals surface area contributed by atoms with Gasteiger partial charge in [0.1, 0.15) is 11.5 Å². The first-order chi connectivity index (χ1) is 13.8. The fourth-order valence-electron chi connectivity index (χ4n) is 2.36. The smallest absolute Gasteiger partial charge is 0.293 e. The normalized spacial score (nSPS) is 10.6. The molecule has 0 aliphatic heterocycles. The Kier molecular flexibility index (Phi) is 6.39. The molecule has 1 heterocycles. The van der Waals surface area contributed by atoms with Crippen LogP contribution in [0.1, 0.15) is 11.1 Å². The van der Waals surface area contributed by atoms with E-state index >= 15 is 0 Å². The number of rotatable bonds is 7. The van der Waals surface area contributed by atoms with Gasteiger partial charge in [0.2, 0.25) is 11.0 Å². The number of para-hydroxylation sites is 1. The summed E-state index contributed by atoms with van der Waals surface area (Å²) in [5.74, 6) is -0.815. The summed E-state index contributed by atoms with van der Waals surface area (Å²) in [4.78, 5) is 22.9. The molecule has 2 aromatic carbocycles. The maximum atomic E-state index is 13.7. The first-order valence-corrected chi connectivity index (χ1v) is 10.2. The van der Waals surface area contributed by atoms with E-state index in [1.807, 2.05) is 6.92 Å². The number of aryl methyl sites for hydroxylation is 2. The van der Waals surface area contributed by atoms with Crippen molar-refractivity contribution in [3.05, 3.63) is 63.5 Å². The zero-order valence-electron chi connectivity index (χ0n) is 15.4. The number of aromatic nitrogens is 2. The van der Waals surface area contributed by atoms with Gasteiger partial charge < -0.3 is 10.6 Å². The lowest BCUT2D eigenvalue weighted by Crippen LogP contribution is -2.15. The summed E-state index contributed by atoms with van der Waals surface area (Å²) in [6.07, 6.45) is 0. The number of hydrogen-bond donors (Lipinski definition) is 2. The molecule has 2 N–H and O–H groups in total. The number of carbonyl (C=O) groups excluding carboxylic acids is 1. The van der Waals surface area contributed by atoms with Gasteiger partial charge in [-0.2, -0.15) is 0 Å². The molecule has 0 bridgehead atoms. The van der Waals surface area contributed by atoms with E-state index < -0.39 is 16.6 Å². The summed E-state index contributed by atoms with van der Waals surface area (Å²) >= 11 is 2.31. The highest BCUT2D eigenvalue weighted by atomic mass is 32.2. The predicted octanol–water partition coefficient (Wildman–Crippen LogP) is 4.68. The van der Waals surface area contributed by atoms with Crippen LogP contribution in [0.2, 0.25) is 0 Å². The molecule has 150 valence electrons. The minimum Gasteiger partial charge on any atom is -0.328 e. The number of nitro benzene ring substituents is 1. The topological polar surface area (TPSA) is 110 Å². The van der Waals surface area contributed by atoms with Crippen molar-refractivity contribution < 1.29 is 14.1 Å². The van der Waals surface area contributed by atoms with Crippen molar-refractivity contribution in [1.29, 1.82) is 0 Å². The molecule has 29 heavy (non-hydrogen) atoms. The van der Waals surface area contributed by atoms with E-state index in [9.17, 15) is 19.3 Å². The van der Waals surface area contributed by atoms with Gasteiger partial charge in [0, 0.05) is 6.07 Å². The van der Waals surface area contributed by atoms with Crippen LogP contribution in [-0.2, 0) is 4.79 Å². The number of thioether (sulfide) groups is 1. The Bertz CT molecular complexity index is 1070. The third-order valence-corrected chi connectivity index (χ3v) is 5.90. The predicted molar refractivity (Wildman–Crippen MR) is 112 cm³/mol. The van der Waals surface area contributed by atoms with Gasteiger partial charge >= 0.3 is 0 Å². The molecular formula is C18H16FN5O3S2. The van der Waals surface area contributed by atoms with Crippen LogP contribution in [0, 0.1) is 29.8 Å². The Morgan fingerprint density at radius 1 is 1.21 bits per heavy atom. The van der Waals surface area contributed by atoms with E-state index in [0.29, 0.717) is 9.47 Å². The molecule has 3 aromatic rings. The Hall–Kier alpha value is -3.05. The Balaban J connectivity index is 1.61. The van der Waals surface area contributed by atoms with Crippen LogP contribution in [-0.4, -0.2) is 26.8 Å². The van der Waals surface area contributed by atoms with E-state index in [4.69, 9.17) is 0 Å². The first-order valence-electron chi connectivity index (χ1n) is 8.37. The molecule has 0 aliphatic rings. The summed E-state index contributed by atoms with van der Waals surface area (Å²) in [7, 11) is 0. The highest BCUT2D eigenvalue weighted by molar-refractivity contribution is 8.01. The van der Waals surface area contributed by atoms with Gasteiger partial charge in [-0.05, 0) is 43.2 Å². The van der Waals surface area contributed by atoms with Crippen LogP contribution in [0.4, 0.5) is 26.6 Å². The van der Waals surface area contributed by atoms with Crippen LogP contribution < -0.4 is 10.6 Å². The monoisotopic (exact) mass is 433 g/mol. The first kappa shape index (κ1) is 20.7. The van der Waals surface area contributed by atoms with Gasteiger partial charge in [-0.25, -0.2) is 4.39 Å². The van der Waals surface area contributed by atoms with Gasteiger partial charge in [0.05, 0.1) is 16.4 Å². The molecule has 0 unspecified atom stereocenters. The van der Waals surface area contributed by atoms with Crippen molar-refractivity contribution in [1.82, 2.24) is 10.2 Å². The lowest BCUT2D eigenvalue weighted by molar-refractivity contribution is -0.384. The number of benzene rings is 2. The molecule has 0 saturated heterocycles. The fourth-order valence-corrected chi connectivity index (χ4v) is 3.93. The molecule has 0 atom stereocenters. The summed E-state index contributed by atoms with van der Waals surface area (Å²) in [5, 5.41) is 24.9. The fraction of sp³-hybridized carbons (Fsp3) is 0.167. The van der Waals surface area contributed by atoms with Crippen LogP contribution in [0.3, 0.4) is 0 Å². The van der Waals surface area contributed by atoms with E-state index in [-0.39, 0.29) is 22.8 Å². The largest absolute Gasteiger partial charge is 0.328 e. The summed E-state index contributed by atoms with van der Waals surface area (Å²) in [5.41, 5.74) is 1.89. The van der Waals surface area contributed by atoms with E-state index in [1.165, 1.54) is 23.5 Å². The van der Waals surface area contributed by atoms with Crippen LogP contribution in [0.5, 0.6) is 0 Å². The number of amides is 1. The standard InChI is InChI=1S/C18H16FN5O3S2/c1-10-7-14(15(24(26)27)8-11(10)2)20-16(25)9-28-18-23-22-17(29-18)21-13-6-4-3-5-12(13)19/h3-8H,9H2,1-2H3,(H,20,25)(H,21,22). The third kappa shape index (κ3) is 5.27. The summed E-state index contributed by atoms with van der Waals surface area (Å²) in [6.45, 7) is 3.58. The Morgan fingerprint density at radius 3 is 2.66 bits per heavy atom. The minimum absolute atomic E-state index is 0.00158. The van der Waals surface area contributed by atoms with Gasteiger partial charge in [-0.3, -0.25) is 14.9 Å². The number of nitrogens with zero attached hydrogens (tertiary/aromatic N) is 3. The maximum absolute atomic E-state index is 13.7. The van der Waals surface area contributed by atoms with Crippen LogP contribution in [0.15, 0.2) is 40.7 Å². The molecular weight excluding hydrogens is 417 g/mol. The van der Waals surface area contributed by atoms with Gasteiger partial charge in [-0.15, -0.1) is 10.2 Å². The lowest BCUT2D eigenvalue weighted by atomic mass is 10.1. The minimum atomic E-state index is -0.527. The molecule has 0 radical (unpaired) electrons. The molecule has 1 amide bonds. The second-order valence-corrected chi connectivity index (χ2v) is 8.23. The molecule has 1 aromatic heterocycles. The molecule has 8 nitrogen and oxygen atoms in total. The van der Waals surface area contributed by atoms with Crippen molar-refractivity contribution in [3.8, 4) is 0 Å². The number of halogens is 1. The highest BCUT2D eigenvalue weighted by Crippen LogP contribution is 2.30. The Morgan fingerprint density at radius 2 is 1.93 bits per heavy atom. The van der Waals surface area contributed by atoms with Crippen LogP contribution >= 0.6 is 23.1 Å². The van der Waals surface area contributed by atoms with Gasteiger partial charge in [0.25, 0.3) is 5.69 Å². The zero-order valence-corrected chi connectivity index (χ0v) is 17.1. The lowest BCUT2D eigenvalue weighted by Gasteiger charge is -2.08. The number of nitro groups is 1. The van der Waals surface area contributed by atoms with E-state index in [1.54, 1.807) is 31.2 Å². The van der Waals surface area contributed by atoms with E-state index in [2.05, 4.69) is 20.8 Å². The molecule has 0 saturated carbocycles. The second kappa shape index (κ2) is 8.97. The number of carbonyl (C=O) groups is 1. The summed E-state index contributed by atoms with van der Waals surface area (Å²) in [6, 6.07) is 9.20. The maximum Gasteiger partial charge on any atom is 0.293 e. The molecule has 3 rings (SSSR count). The van der Waals surface area contributed by atoms with Crippen molar-refractivity contribution >= 4 is 51.2 Å². The van der Waals surface area contributed by atoms with Gasteiger partial charge in [-0.1, -0.05) is 35.2 Å². The van der Waals surface area contributed by atoms with Gasteiger partial charge in [0.15, 0.2) is 4.34 Å². The molecule has 0 aliphatic carbocycles. The Labute approximate surface area is 173 Å². The second-order valence-electron chi connectivity index (χ2n) is 6.03. The van der Waals surface area contributed by atoms with Crippen molar-refractivity contribution in [2.75, 3.05) is 16.4 Å². The van der Waals surface area contributed by atoms with E-state index in [0.717, 1.165) is 22.9 Å². The number of hydrogen-bond acceptors (Lipinski definition) is 8.